The summed E-state index contributed by atoms with van der Waals surface area (Å²) in [5.74, 6) is 2.09. The normalized spacial score (nSPS) is 16.8. The molecule has 3 heterocycles. The molecular formula is C22H19N5O2S2. The molecule has 2 aliphatic rings. The van der Waals surface area contributed by atoms with E-state index in [0.717, 1.165) is 35.0 Å². The van der Waals surface area contributed by atoms with Crippen molar-refractivity contribution in [3.8, 4) is 6.07 Å². The molecule has 1 aromatic carbocycles. The number of ketones is 1. The molecule has 7 nitrogen and oxygen atoms in total. The number of thioether (sulfide) groups is 2. The molecule has 0 atom stereocenters. The summed E-state index contributed by atoms with van der Waals surface area (Å²) in [6.45, 7) is 0.530. The highest BCUT2D eigenvalue weighted by atomic mass is 32.2. The van der Waals surface area contributed by atoms with Crippen LogP contribution in [-0.2, 0) is 11.3 Å². The van der Waals surface area contributed by atoms with Crippen LogP contribution in [0.1, 0.15) is 30.3 Å². The summed E-state index contributed by atoms with van der Waals surface area (Å²) in [6, 6.07) is 13.8. The van der Waals surface area contributed by atoms with E-state index < -0.39 is 0 Å². The minimum Gasteiger partial charge on any atom is -0.467 e. The van der Waals surface area contributed by atoms with Crippen molar-refractivity contribution in [1.29, 1.82) is 5.26 Å². The largest absolute Gasteiger partial charge is 0.467 e. The molecule has 1 saturated carbocycles. The van der Waals surface area contributed by atoms with Crippen molar-refractivity contribution < 1.29 is 9.21 Å². The third-order valence-corrected chi connectivity index (χ3v) is 7.46. The number of furan rings is 1. The second-order valence-electron chi connectivity index (χ2n) is 7.41. The lowest BCUT2D eigenvalue weighted by Crippen LogP contribution is -2.16. The molecule has 31 heavy (non-hydrogen) atoms. The van der Waals surface area contributed by atoms with Crippen molar-refractivity contribution in [1.82, 2.24) is 14.8 Å². The van der Waals surface area contributed by atoms with Gasteiger partial charge in [-0.2, -0.15) is 5.26 Å². The van der Waals surface area contributed by atoms with Crippen LogP contribution >= 0.6 is 23.5 Å². The number of nitrogens with zero attached hydrogens (tertiary/aromatic N) is 5. The van der Waals surface area contributed by atoms with Crippen molar-refractivity contribution in [2.75, 3.05) is 17.7 Å². The molecule has 0 unspecified atom stereocenters. The molecule has 0 spiro atoms. The van der Waals surface area contributed by atoms with Gasteiger partial charge in [0.05, 0.1) is 24.2 Å². The van der Waals surface area contributed by atoms with E-state index in [1.807, 2.05) is 52.9 Å². The Morgan fingerprint density at radius 3 is 2.84 bits per heavy atom. The van der Waals surface area contributed by atoms with Crippen molar-refractivity contribution in [3.63, 3.8) is 0 Å². The fraction of sp³-hybridized carbons (Fsp3) is 0.273. The summed E-state index contributed by atoms with van der Waals surface area (Å²) in [6.07, 6.45) is 3.86. The van der Waals surface area contributed by atoms with Gasteiger partial charge in [0.25, 0.3) is 0 Å². The van der Waals surface area contributed by atoms with Crippen LogP contribution < -0.4 is 4.90 Å². The molecule has 0 saturated heterocycles. The highest BCUT2D eigenvalue weighted by molar-refractivity contribution is 8.03. The van der Waals surface area contributed by atoms with Gasteiger partial charge >= 0.3 is 0 Å². The van der Waals surface area contributed by atoms with Crippen LogP contribution in [0.2, 0.25) is 0 Å². The van der Waals surface area contributed by atoms with Gasteiger partial charge in [-0.3, -0.25) is 9.36 Å². The van der Waals surface area contributed by atoms with E-state index in [2.05, 4.69) is 16.3 Å². The minimum absolute atomic E-state index is 0.123. The Morgan fingerprint density at radius 2 is 2.13 bits per heavy atom. The fourth-order valence-electron chi connectivity index (χ4n) is 3.51. The van der Waals surface area contributed by atoms with Crippen molar-refractivity contribution in [3.05, 3.63) is 64.8 Å². The Morgan fingerprint density at radius 1 is 1.29 bits per heavy atom. The van der Waals surface area contributed by atoms with Gasteiger partial charge in [0.1, 0.15) is 28.3 Å². The lowest BCUT2D eigenvalue weighted by Gasteiger charge is -2.14. The maximum atomic E-state index is 13.0. The molecule has 1 aliphatic heterocycles. The number of hydrogen-bond acceptors (Lipinski definition) is 8. The van der Waals surface area contributed by atoms with Gasteiger partial charge < -0.3 is 9.32 Å². The third kappa shape index (κ3) is 3.89. The van der Waals surface area contributed by atoms with Gasteiger partial charge in [0, 0.05) is 17.9 Å². The van der Waals surface area contributed by atoms with Crippen LogP contribution in [0.25, 0.3) is 0 Å². The van der Waals surface area contributed by atoms with E-state index in [9.17, 15) is 10.1 Å². The lowest BCUT2D eigenvalue weighted by atomic mass is 10.2. The van der Waals surface area contributed by atoms with Gasteiger partial charge in [-0.25, -0.2) is 0 Å². The number of nitriles is 1. The first-order valence-corrected chi connectivity index (χ1v) is 11.7. The Labute approximate surface area is 188 Å². The number of allylic oxidation sites excluding steroid dienone is 1. The van der Waals surface area contributed by atoms with E-state index in [1.54, 1.807) is 6.26 Å². The smallest absolute Gasteiger partial charge is 0.192 e. The Hall–Kier alpha value is -2.96. The number of anilines is 1. The topological polar surface area (TPSA) is 88.0 Å². The van der Waals surface area contributed by atoms with E-state index in [1.165, 1.54) is 23.5 Å². The molecule has 1 aliphatic carbocycles. The van der Waals surface area contributed by atoms with Crippen molar-refractivity contribution in [2.45, 2.75) is 35.4 Å². The zero-order valence-electron chi connectivity index (χ0n) is 16.8. The molecule has 156 valence electrons. The average molecular weight is 450 g/mol. The fourth-order valence-corrected chi connectivity index (χ4v) is 5.49. The number of carbonyl (C=O) groups is 1. The molecule has 1 fully saturated rings. The summed E-state index contributed by atoms with van der Waals surface area (Å²) in [5.41, 5.74) is 1.18. The molecular weight excluding hydrogens is 430 g/mol. The van der Waals surface area contributed by atoms with Gasteiger partial charge in [0.15, 0.2) is 10.9 Å². The summed E-state index contributed by atoms with van der Waals surface area (Å²) in [7, 11) is 1.88. The van der Waals surface area contributed by atoms with Crippen LogP contribution in [0.5, 0.6) is 0 Å². The number of benzene rings is 1. The maximum Gasteiger partial charge on any atom is 0.192 e. The number of hydrogen-bond donors (Lipinski definition) is 0. The Balaban J connectivity index is 1.35. The molecule has 9 heteroatoms. The van der Waals surface area contributed by atoms with Gasteiger partial charge in [-0.1, -0.05) is 35.7 Å². The third-order valence-electron chi connectivity index (χ3n) is 5.26. The number of aromatic nitrogens is 3. The van der Waals surface area contributed by atoms with Gasteiger partial charge in [-0.05, 0) is 37.1 Å². The number of Topliss-reactive ketones (excluding diaryl/α,β-unsaturated/α-hetero) is 1. The van der Waals surface area contributed by atoms with Crippen molar-refractivity contribution in [2.24, 2.45) is 0 Å². The first-order valence-electron chi connectivity index (χ1n) is 9.92. The predicted octanol–water partition coefficient (Wildman–Crippen LogP) is 4.44. The second kappa shape index (κ2) is 8.29. The molecule has 0 bridgehead atoms. The quantitative estimate of drug-likeness (QED) is 0.297. The summed E-state index contributed by atoms with van der Waals surface area (Å²) in [5, 5.41) is 19.8. The van der Waals surface area contributed by atoms with Crippen LogP contribution in [0.3, 0.4) is 0 Å². The summed E-state index contributed by atoms with van der Waals surface area (Å²) in [4.78, 5) is 15.9. The summed E-state index contributed by atoms with van der Waals surface area (Å²) >= 11 is 2.77. The highest BCUT2D eigenvalue weighted by Gasteiger charge is 2.32. The average Bonchev–Trinajstić information content (AvgIpc) is 3.19. The predicted molar refractivity (Wildman–Crippen MR) is 119 cm³/mol. The molecule has 0 N–H and O–H groups in total. The summed E-state index contributed by atoms with van der Waals surface area (Å²) < 4.78 is 7.52. The number of rotatable bonds is 7. The van der Waals surface area contributed by atoms with Crippen LogP contribution in [-0.4, -0.2) is 33.3 Å². The van der Waals surface area contributed by atoms with Crippen LogP contribution in [0.15, 0.2) is 67.7 Å². The first kappa shape index (κ1) is 20.0. The first-order chi connectivity index (χ1) is 15.2. The van der Waals surface area contributed by atoms with Crippen LogP contribution in [0, 0.1) is 11.3 Å². The zero-order chi connectivity index (χ0) is 21.4. The molecule has 0 amide bonds. The number of fused-ring (bicyclic) bond motifs is 1. The van der Waals surface area contributed by atoms with Crippen LogP contribution in [0.4, 0.5) is 5.69 Å². The van der Waals surface area contributed by atoms with E-state index in [-0.39, 0.29) is 17.1 Å². The standard InChI is InChI=1S/C22H19N5O2S2/c1-26-17-6-2-3-7-19(17)31-21(26)16(11-23)18(28)13-30-22-25-24-20(14-8-9-14)27(22)12-15-5-4-10-29-15/h2-7,10,14H,8-9,12-13H2,1H3/b21-16+. The monoisotopic (exact) mass is 449 g/mol. The maximum absolute atomic E-state index is 13.0. The Kier molecular flexibility index (Phi) is 5.34. The SMILES string of the molecule is CN1/C(=C(/C#N)C(=O)CSc2nnc(C3CC3)n2Cc2ccco2)Sc2ccccc21. The molecule has 0 radical (unpaired) electrons. The number of para-hydroxylation sites is 1. The zero-order valence-corrected chi connectivity index (χ0v) is 18.4. The second-order valence-corrected chi connectivity index (χ2v) is 9.39. The highest BCUT2D eigenvalue weighted by Crippen LogP contribution is 2.46. The minimum atomic E-state index is -0.213. The number of carbonyl (C=O) groups excluding carboxylic acids is 1. The lowest BCUT2D eigenvalue weighted by molar-refractivity contribution is -0.112. The molecule has 2 aromatic heterocycles. The molecule has 3 aromatic rings. The van der Waals surface area contributed by atoms with Gasteiger partial charge in [-0.15, -0.1) is 10.2 Å². The van der Waals surface area contributed by atoms with E-state index in [4.69, 9.17) is 4.42 Å². The van der Waals surface area contributed by atoms with E-state index in [0.29, 0.717) is 22.6 Å². The van der Waals surface area contributed by atoms with E-state index >= 15 is 0 Å². The Bertz CT molecular complexity index is 1200. The molecule has 5 rings (SSSR count). The van der Waals surface area contributed by atoms with Crippen molar-refractivity contribution >= 4 is 35.0 Å². The van der Waals surface area contributed by atoms with Gasteiger partial charge in [0.2, 0.25) is 0 Å².